The minimum absolute atomic E-state index is 0.113. The van der Waals surface area contributed by atoms with E-state index < -0.39 is 16.1 Å². The lowest BCUT2D eigenvalue weighted by Crippen LogP contribution is -2.35. The molecule has 0 saturated carbocycles. The highest BCUT2D eigenvalue weighted by atomic mass is 33.1. The van der Waals surface area contributed by atoms with Crippen molar-refractivity contribution in [3.05, 3.63) is 29.3 Å². The molecule has 0 saturated heterocycles. The van der Waals surface area contributed by atoms with Crippen molar-refractivity contribution >= 4 is 38.7 Å². The van der Waals surface area contributed by atoms with Crippen molar-refractivity contribution < 1.29 is 13.2 Å². The molecule has 0 bridgehead atoms. The van der Waals surface area contributed by atoms with E-state index in [-0.39, 0.29) is 4.90 Å². The van der Waals surface area contributed by atoms with Gasteiger partial charge in [0.05, 0.1) is 4.90 Å². The molecule has 1 aliphatic carbocycles. The van der Waals surface area contributed by atoms with Crippen LogP contribution in [-0.2, 0) is 22.9 Å². The topological polar surface area (TPSA) is 75.3 Å². The average Bonchev–Trinajstić information content (AvgIpc) is 2.75. The summed E-state index contributed by atoms with van der Waals surface area (Å²) in [6.45, 7) is 0. The van der Waals surface area contributed by atoms with Crippen LogP contribution in [0.25, 0.3) is 0 Å². The van der Waals surface area contributed by atoms with Gasteiger partial charge in [0.1, 0.15) is 0 Å². The molecule has 8 heteroatoms. The number of hydrogen-bond acceptors (Lipinski definition) is 5. The third kappa shape index (κ3) is 2.93. The van der Waals surface area contributed by atoms with Gasteiger partial charge in [-0.1, -0.05) is 17.7 Å². The van der Waals surface area contributed by atoms with Gasteiger partial charge in [0.2, 0.25) is 0 Å². The smallest absolute Gasteiger partial charge is 0.272 e. The first-order valence-electron chi connectivity index (χ1n) is 5.28. The number of aryl methyl sites for hydroxylation is 2. The summed E-state index contributed by atoms with van der Waals surface area (Å²) < 4.78 is 27.9. The maximum Gasteiger partial charge on any atom is 0.339 e. The molecule has 18 heavy (non-hydrogen) atoms. The van der Waals surface area contributed by atoms with Crippen LogP contribution in [0.1, 0.15) is 17.5 Å². The zero-order chi connectivity index (χ0) is 13.2. The van der Waals surface area contributed by atoms with E-state index in [0.29, 0.717) is 0 Å². The number of fused-ring (bicyclic) bond motifs is 1. The molecule has 2 rings (SSSR count). The predicted molar refractivity (Wildman–Crippen MR) is 73.9 cm³/mol. The second kappa shape index (κ2) is 5.41. The predicted octanol–water partition coefficient (Wildman–Crippen LogP) is 1.66. The van der Waals surface area contributed by atoms with E-state index in [4.69, 9.17) is 0 Å². The van der Waals surface area contributed by atoms with E-state index in [0.717, 1.165) is 35.8 Å². The Morgan fingerprint density at radius 2 is 2.00 bits per heavy atom. The molecule has 0 aromatic heterocycles. The molecule has 98 valence electrons. The molecule has 1 aliphatic rings. The van der Waals surface area contributed by atoms with Crippen LogP contribution >= 0.6 is 22.6 Å². The number of sulfonamides is 1. The van der Waals surface area contributed by atoms with E-state index in [1.54, 1.807) is 6.07 Å². The van der Waals surface area contributed by atoms with Crippen LogP contribution in [0.2, 0.25) is 0 Å². The first kappa shape index (κ1) is 13.6. The summed E-state index contributed by atoms with van der Waals surface area (Å²) in [5, 5.41) is 0. The molecule has 0 atom stereocenters. The maximum absolute atomic E-state index is 11.9. The maximum atomic E-state index is 11.9. The van der Waals surface area contributed by atoms with Crippen molar-refractivity contribution in [3.63, 3.8) is 0 Å². The Morgan fingerprint density at radius 3 is 2.72 bits per heavy atom. The number of carbonyl (C=O) groups excluding carboxylic acids is 1. The highest BCUT2D eigenvalue weighted by molar-refractivity contribution is 8.68. The first-order valence-corrected chi connectivity index (χ1v) is 8.63. The van der Waals surface area contributed by atoms with Crippen molar-refractivity contribution in [2.45, 2.75) is 24.2 Å². The number of rotatable bonds is 3. The Bertz CT molecular complexity index is 572. The van der Waals surface area contributed by atoms with Gasteiger partial charge in [0, 0.05) is 11.0 Å². The Kier molecular flexibility index (Phi) is 4.08. The van der Waals surface area contributed by atoms with Crippen LogP contribution < -0.4 is 9.44 Å². The summed E-state index contributed by atoms with van der Waals surface area (Å²) >= 11 is 3.70. The number of carbonyl (C=O) groups is 1. The quantitative estimate of drug-likeness (QED) is 0.451. The van der Waals surface area contributed by atoms with E-state index in [1.807, 2.05) is 10.8 Å². The summed E-state index contributed by atoms with van der Waals surface area (Å²) in [5.41, 5.74) is 2.23. The summed E-state index contributed by atoms with van der Waals surface area (Å²) in [6, 6.07) is 4.15. The third-order valence-electron chi connectivity index (χ3n) is 2.75. The van der Waals surface area contributed by atoms with Crippen LogP contribution in [0.5, 0.6) is 0 Å². The molecular formula is C10H12N2O3S3. The van der Waals surface area contributed by atoms with Gasteiger partial charge >= 0.3 is 6.03 Å². The first-order chi connectivity index (χ1) is 8.53. The lowest BCUT2D eigenvalue weighted by molar-refractivity contribution is 0.251. The summed E-state index contributed by atoms with van der Waals surface area (Å²) in [6.07, 6.45) is 2.92. The standard InChI is InChI=1S/C10H12N2O3S3/c13-10(11-17-16)12-18(14,15)9-5-4-7-2-1-3-8(7)6-9/h4-6,16H,1-3H2,(H2,11,12,13). The second-order valence-corrected chi connectivity index (χ2v) is 6.53. The van der Waals surface area contributed by atoms with Crippen molar-refractivity contribution in [1.29, 1.82) is 0 Å². The highest BCUT2D eigenvalue weighted by Gasteiger charge is 2.20. The Hall–Kier alpha value is -0.860. The lowest BCUT2D eigenvalue weighted by atomic mass is 10.1. The number of nitrogens with one attached hydrogen (secondary N) is 2. The minimum atomic E-state index is -3.81. The Morgan fingerprint density at radius 1 is 1.28 bits per heavy atom. The fourth-order valence-electron chi connectivity index (χ4n) is 1.96. The van der Waals surface area contributed by atoms with Crippen LogP contribution in [0, 0.1) is 0 Å². The SMILES string of the molecule is O=C(NSS)NS(=O)(=O)c1ccc2c(c1)CCC2. The van der Waals surface area contributed by atoms with Crippen molar-refractivity contribution in [2.75, 3.05) is 0 Å². The van der Waals surface area contributed by atoms with Gasteiger partial charge in [-0.05, 0) is 42.5 Å². The van der Waals surface area contributed by atoms with Crippen molar-refractivity contribution in [1.82, 2.24) is 9.44 Å². The molecule has 0 heterocycles. The number of urea groups is 1. The van der Waals surface area contributed by atoms with Crippen LogP contribution in [0.3, 0.4) is 0 Å². The fraction of sp³-hybridized carbons (Fsp3) is 0.300. The van der Waals surface area contributed by atoms with Gasteiger partial charge < -0.3 is 0 Å². The zero-order valence-electron chi connectivity index (χ0n) is 9.34. The van der Waals surface area contributed by atoms with Gasteiger partial charge in [0.15, 0.2) is 0 Å². The fourth-order valence-corrected chi connectivity index (χ4v) is 3.36. The number of benzene rings is 1. The third-order valence-corrected chi connectivity index (χ3v) is 4.62. The number of thiol groups is 1. The molecule has 0 radical (unpaired) electrons. The summed E-state index contributed by atoms with van der Waals surface area (Å²) in [7, 11) is -3.08. The minimum Gasteiger partial charge on any atom is -0.272 e. The van der Waals surface area contributed by atoms with Gasteiger partial charge in [-0.15, -0.1) is 0 Å². The lowest BCUT2D eigenvalue weighted by Gasteiger charge is -2.08. The van der Waals surface area contributed by atoms with Crippen LogP contribution in [0.4, 0.5) is 4.79 Å². The van der Waals surface area contributed by atoms with E-state index >= 15 is 0 Å². The normalized spacial score (nSPS) is 14.1. The van der Waals surface area contributed by atoms with Gasteiger partial charge in [0.25, 0.3) is 10.0 Å². The summed E-state index contributed by atoms with van der Waals surface area (Å²) in [5.74, 6) is 0. The molecule has 5 nitrogen and oxygen atoms in total. The molecule has 1 aromatic rings. The molecule has 0 fully saturated rings. The number of hydrogen-bond donors (Lipinski definition) is 3. The molecular weight excluding hydrogens is 292 g/mol. The average molecular weight is 304 g/mol. The molecule has 1 aromatic carbocycles. The van der Waals surface area contributed by atoms with Gasteiger partial charge in [-0.2, -0.15) is 0 Å². The second-order valence-electron chi connectivity index (χ2n) is 3.91. The molecule has 0 spiro atoms. The van der Waals surface area contributed by atoms with Crippen LogP contribution in [-0.4, -0.2) is 14.4 Å². The zero-order valence-corrected chi connectivity index (χ0v) is 11.9. The van der Waals surface area contributed by atoms with E-state index in [2.05, 4.69) is 16.4 Å². The molecule has 2 amide bonds. The van der Waals surface area contributed by atoms with E-state index in [9.17, 15) is 13.2 Å². The van der Waals surface area contributed by atoms with E-state index in [1.165, 1.54) is 11.6 Å². The molecule has 0 unspecified atom stereocenters. The molecule has 2 N–H and O–H groups in total. The molecule has 0 aliphatic heterocycles. The largest absolute Gasteiger partial charge is 0.339 e. The Balaban J connectivity index is 2.22. The van der Waals surface area contributed by atoms with Gasteiger partial charge in [-0.25, -0.2) is 17.9 Å². The Labute approximate surface area is 115 Å². The highest BCUT2D eigenvalue weighted by Crippen LogP contribution is 2.24. The number of amides is 2. The van der Waals surface area contributed by atoms with Gasteiger partial charge in [-0.3, -0.25) is 4.72 Å². The van der Waals surface area contributed by atoms with Crippen molar-refractivity contribution in [3.8, 4) is 0 Å². The monoisotopic (exact) mass is 304 g/mol. The summed E-state index contributed by atoms with van der Waals surface area (Å²) in [4.78, 5) is 11.3. The van der Waals surface area contributed by atoms with Crippen LogP contribution in [0.15, 0.2) is 23.1 Å². The van der Waals surface area contributed by atoms with Crippen molar-refractivity contribution in [2.24, 2.45) is 0 Å².